The van der Waals surface area contributed by atoms with Crippen molar-refractivity contribution >= 4 is 48.0 Å². The minimum absolute atomic E-state index is 0.0309. The average molecular weight is 605 g/mol. The van der Waals surface area contributed by atoms with Crippen LogP contribution in [-0.4, -0.2) is 61.4 Å². The number of ether oxygens (including phenoxy) is 2. The van der Waals surface area contributed by atoms with Gasteiger partial charge in [0.25, 0.3) is 0 Å². The summed E-state index contributed by atoms with van der Waals surface area (Å²) in [5.74, 6) is -1.16. The van der Waals surface area contributed by atoms with Crippen molar-refractivity contribution < 1.29 is 37.4 Å². The third kappa shape index (κ3) is 6.38. The van der Waals surface area contributed by atoms with Crippen LogP contribution in [-0.2, 0) is 23.4 Å². The summed E-state index contributed by atoms with van der Waals surface area (Å²) in [7, 11) is -4.24. The summed E-state index contributed by atoms with van der Waals surface area (Å²) in [4.78, 5) is 18.7. The van der Waals surface area contributed by atoms with Gasteiger partial charge in [-0.1, -0.05) is 29.8 Å². The summed E-state index contributed by atoms with van der Waals surface area (Å²) >= 11 is 12.7. The van der Waals surface area contributed by atoms with Crippen LogP contribution in [0.3, 0.4) is 0 Å². The highest BCUT2D eigenvalue weighted by Gasteiger charge is 2.54. The molecular weight excluding hydrogens is 577 g/mol. The molecule has 1 saturated heterocycles. The number of para-hydroxylation sites is 1. The lowest BCUT2D eigenvalue weighted by Crippen LogP contribution is -2.40. The molecule has 212 valence electrons. The van der Waals surface area contributed by atoms with Crippen molar-refractivity contribution in [2.24, 2.45) is 0 Å². The normalized spacial score (nSPS) is 25.5. The second kappa shape index (κ2) is 11.7. The fourth-order valence-electron chi connectivity index (χ4n) is 4.04. The molecule has 2 N–H and O–H groups in total. The zero-order valence-electron chi connectivity index (χ0n) is 21.5. The molecule has 39 heavy (non-hydrogen) atoms. The Morgan fingerprint density at radius 1 is 1.31 bits per heavy atom. The molecule has 15 heteroatoms. The number of aliphatic hydroxyl groups is 1. The molecular formula is C24H28Cl2FN4O7P. The van der Waals surface area contributed by atoms with Crippen LogP contribution in [0.4, 0.5) is 4.39 Å². The Kier molecular flexibility index (Phi) is 8.87. The third-order valence-corrected chi connectivity index (χ3v) is 8.26. The molecule has 0 spiro atoms. The molecule has 11 nitrogen and oxygen atoms in total. The number of nitrogens with zero attached hydrogens (tertiary/aromatic N) is 3. The van der Waals surface area contributed by atoms with Crippen LogP contribution in [0.1, 0.15) is 33.9 Å². The first-order valence-corrected chi connectivity index (χ1v) is 14.3. The van der Waals surface area contributed by atoms with Crippen LogP contribution in [0.15, 0.2) is 42.9 Å². The minimum Gasteiger partial charge on any atom is -0.462 e. The van der Waals surface area contributed by atoms with Gasteiger partial charge in [0.15, 0.2) is 12.0 Å². The molecule has 0 radical (unpaired) electrons. The number of carbonyl (C=O) groups is 1. The maximum atomic E-state index is 14.7. The van der Waals surface area contributed by atoms with E-state index in [2.05, 4.69) is 15.1 Å². The smallest absolute Gasteiger partial charge is 0.459 e. The van der Waals surface area contributed by atoms with E-state index in [1.165, 1.54) is 18.4 Å². The van der Waals surface area contributed by atoms with Gasteiger partial charge in [0, 0.05) is 6.20 Å². The highest BCUT2D eigenvalue weighted by molar-refractivity contribution is 7.52. The van der Waals surface area contributed by atoms with Gasteiger partial charge < -0.3 is 23.7 Å². The van der Waals surface area contributed by atoms with Crippen molar-refractivity contribution in [1.82, 2.24) is 19.6 Å². The van der Waals surface area contributed by atoms with Gasteiger partial charge in [-0.2, -0.15) is 5.09 Å². The standard InChI is InChI=1S/C24H28Cl2FN4O7P/c1-13(2)36-22(33)14(3)30-39(34,38-15-8-6-5-7-9-15)35-11-17-19(32)24(4,26)23(37-17)31-10-16(27)18-20(25)28-12-29-21(18)31/h5-10,12-14,17,19,23,32H,11H2,1-4H3,(H,30,34)/t14-,17-,19-,23-,24-,39+/m1/s1. The first-order chi connectivity index (χ1) is 18.3. The fraction of sp³-hybridized carbons (Fsp3) is 0.458. The fourth-order valence-corrected chi connectivity index (χ4v) is 6.06. The molecule has 2 aromatic heterocycles. The number of nitrogens with one attached hydrogen (secondary N) is 1. The number of hydrogen-bond donors (Lipinski definition) is 2. The quantitative estimate of drug-likeness (QED) is 0.146. The van der Waals surface area contributed by atoms with Crippen molar-refractivity contribution in [2.75, 3.05) is 6.61 Å². The van der Waals surface area contributed by atoms with Crippen LogP contribution >= 0.6 is 30.9 Å². The van der Waals surface area contributed by atoms with Gasteiger partial charge in [0.2, 0.25) is 0 Å². The number of benzene rings is 1. The SMILES string of the molecule is CC(C)OC(=O)[C@@H](C)N[P@](=O)(OC[C@H]1O[C@@H](n2cc(F)c3c(Cl)ncnc32)[C@](C)(Cl)[C@@H]1O)Oc1ccccc1. The number of rotatable bonds is 10. The van der Waals surface area contributed by atoms with Gasteiger partial charge in [-0.25, -0.2) is 18.9 Å². The Labute approximate surface area is 234 Å². The molecule has 0 aliphatic carbocycles. The average Bonchev–Trinajstić information content (AvgIpc) is 3.31. The van der Waals surface area contributed by atoms with Crippen LogP contribution in [0.5, 0.6) is 5.75 Å². The Hall–Kier alpha value is -2.31. The van der Waals surface area contributed by atoms with E-state index in [1.54, 1.807) is 44.2 Å². The summed E-state index contributed by atoms with van der Waals surface area (Å²) in [5.41, 5.74) is 0.107. The topological polar surface area (TPSA) is 134 Å². The van der Waals surface area contributed by atoms with E-state index in [-0.39, 0.29) is 21.9 Å². The lowest BCUT2D eigenvalue weighted by molar-refractivity contribution is -0.149. The van der Waals surface area contributed by atoms with Crippen LogP contribution in [0.2, 0.25) is 5.15 Å². The monoisotopic (exact) mass is 604 g/mol. The van der Waals surface area contributed by atoms with Crippen molar-refractivity contribution in [1.29, 1.82) is 0 Å². The maximum absolute atomic E-state index is 14.7. The van der Waals surface area contributed by atoms with E-state index in [0.717, 1.165) is 12.5 Å². The van der Waals surface area contributed by atoms with Crippen molar-refractivity contribution in [3.8, 4) is 5.75 Å². The van der Waals surface area contributed by atoms with Crippen LogP contribution < -0.4 is 9.61 Å². The van der Waals surface area contributed by atoms with Gasteiger partial charge in [0.05, 0.1) is 18.1 Å². The van der Waals surface area contributed by atoms with Gasteiger partial charge in [0.1, 0.15) is 46.0 Å². The highest BCUT2D eigenvalue weighted by Crippen LogP contribution is 2.49. The number of fused-ring (bicyclic) bond motifs is 1. The molecule has 0 saturated carbocycles. The minimum atomic E-state index is -4.24. The molecule has 1 aliphatic heterocycles. The zero-order valence-corrected chi connectivity index (χ0v) is 23.9. The van der Waals surface area contributed by atoms with Crippen molar-refractivity contribution in [3.05, 3.63) is 53.8 Å². The number of aromatic nitrogens is 3. The van der Waals surface area contributed by atoms with Gasteiger partial charge in [-0.3, -0.25) is 9.32 Å². The summed E-state index contributed by atoms with van der Waals surface area (Å²) in [6.07, 6.45) is -1.76. The van der Waals surface area contributed by atoms with E-state index >= 15 is 0 Å². The molecule has 1 aromatic carbocycles. The van der Waals surface area contributed by atoms with Crippen molar-refractivity contribution in [2.45, 2.75) is 63.2 Å². The zero-order chi connectivity index (χ0) is 28.5. The number of halogens is 3. The second-order valence-corrected chi connectivity index (χ2v) is 12.3. The van der Waals surface area contributed by atoms with E-state index in [0.29, 0.717) is 0 Å². The summed E-state index contributed by atoms with van der Waals surface area (Å²) in [6.45, 7) is 5.83. The Morgan fingerprint density at radius 3 is 2.67 bits per heavy atom. The lowest BCUT2D eigenvalue weighted by Gasteiger charge is -2.26. The number of alkyl halides is 1. The molecule has 0 amide bonds. The summed E-state index contributed by atoms with van der Waals surface area (Å²) < 4.78 is 52.1. The lowest BCUT2D eigenvalue weighted by atomic mass is 10.0. The number of esters is 1. The third-order valence-electron chi connectivity index (χ3n) is 5.92. The Balaban J connectivity index is 1.56. The number of aliphatic hydroxyl groups excluding tert-OH is 1. The van der Waals surface area contributed by atoms with Gasteiger partial charge in [-0.15, -0.1) is 11.6 Å². The molecule has 1 aliphatic rings. The number of carbonyl (C=O) groups excluding carboxylic acids is 1. The maximum Gasteiger partial charge on any atom is 0.459 e. The molecule has 0 bridgehead atoms. The van der Waals surface area contributed by atoms with Crippen LogP contribution in [0.25, 0.3) is 11.0 Å². The second-order valence-electron chi connectivity index (χ2n) is 9.40. The molecule has 4 rings (SSSR count). The summed E-state index contributed by atoms with van der Waals surface area (Å²) in [6, 6.07) is 7.12. The molecule has 3 aromatic rings. The first-order valence-electron chi connectivity index (χ1n) is 12.0. The molecule has 0 unspecified atom stereocenters. The van der Waals surface area contributed by atoms with Gasteiger partial charge >= 0.3 is 13.7 Å². The summed E-state index contributed by atoms with van der Waals surface area (Å²) in [5, 5.41) is 13.4. The first kappa shape index (κ1) is 29.7. The molecule has 6 atom stereocenters. The predicted octanol–water partition coefficient (Wildman–Crippen LogP) is 4.61. The van der Waals surface area contributed by atoms with Crippen molar-refractivity contribution in [3.63, 3.8) is 0 Å². The molecule has 3 heterocycles. The van der Waals surface area contributed by atoms with Crippen LogP contribution in [0, 0.1) is 5.82 Å². The van der Waals surface area contributed by atoms with E-state index < -0.39 is 61.6 Å². The van der Waals surface area contributed by atoms with E-state index in [1.807, 2.05) is 0 Å². The largest absolute Gasteiger partial charge is 0.462 e. The number of hydrogen-bond acceptors (Lipinski definition) is 9. The molecule has 1 fully saturated rings. The highest BCUT2D eigenvalue weighted by atomic mass is 35.5. The predicted molar refractivity (Wildman–Crippen MR) is 141 cm³/mol. The Morgan fingerprint density at radius 2 is 2.00 bits per heavy atom. The van der Waals surface area contributed by atoms with E-state index in [4.69, 9.17) is 41.7 Å². The van der Waals surface area contributed by atoms with E-state index in [9.17, 15) is 18.9 Å². The Bertz CT molecular complexity index is 1380. The van der Waals surface area contributed by atoms with Gasteiger partial charge in [-0.05, 0) is 39.8 Å².